The number of fused-ring (bicyclic) bond motifs is 1. The number of piperazine rings is 1. The van der Waals surface area contributed by atoms with Crippen LogP contribution in [-0.2, 0) is 16.0 Å². The van der Waals surface area contributed by atoms with E-state index in [9.17, 15) is 14.0 Å². The Labute approximate surface area is 303 Å². The Morgan fingerprint density at radius 2 is 1.92 bits per heavy atom. The van der Waals surface area contributed by atoms with Gasteiger partial charge in [0.2, 0.25) is 0 Å². The summed E-state index contributed by atoms with van der Waals surface area (Å²) in [5.74, 6) is -0.570. The fraction of sp³-hybridized carbons (Fsp3) is 0.361. The maximum Gasteiger partial charge on any atom is 0.338 e. The Morgan fingerprint density at radius 3 is 2.62 bits per heavy atom. The number of carbonyl (C=O) groups is 2. The third kappa shape index (κ3) is 7.05. The van der Waals surface area contributed by atoms with Gasteiger partial charge in [-0.25, -0.2) is 23.9 Å². The molecule has 2 aromatic heterocycles. The Kier molecular flexibility index (Phi) is 9.50. The van der Waals surface area contributed by atoms with Crippen molar-refractivity contribution in [3.63, 3.8) is 0 Å². The van der Waals surface area contributed by atoms with Crippen LogP contribution < -0.4 is 10.2 Å². The van der Waals surface area contributed by atoms with Crippen LogP contribution >= 0.6 is 34.3 Å². The number of esters is 1. The van der Waals surface area contributed by atoms with Crippen molar-refractivity contribution in [2.24, 2.45) is 10.4 Å². The molecule has 10 nitrogen and oxygen atoms in total. The highest BCUT2D eigenvalue weighted by atomic mass is 35.5. The van der Waals surface area contributed by atoms with E-state index in [1.807, 2.05) is 15.7 Å². The minimum absolute atomic E-state index is 0.0504. The van der Waals surface area contributed by atoms with Gasteiger partial charge in [0.25, 0.3) is 0 Å². The molecule has 50 heavy (non-hydrogen) atoms. The van der Waals surface area contributed by atoms with Crippen molar-refractivity contribution in [2.75, 3.05) is 44.7 Å². The molecule has 5 heterocycles. The highest BCUT2D eigenvalue weighted by molar-refractivity contribution is 7.14. The van der Waals surface area contributed by atoms with E-state index in [0.717, 1.165) is 17.7 Å². The second-order valence-electron chi connectivity index (χ2n) is 13.8. The Bertz CT molecular complexity index is 1970. The van der Waals surface area contributed by atoms with Crippen molar-refractivity contribution >= 4 is 57.2 Å². The minimum atomic E-state index is -0.843. The largest absolute Gasteiger partial charge is 0.466 e. The summed E-state index contributed by atoms with van der Waals surface area (Å²) in [7, 11) is 1.32. The van der Waals surface area contributed by atoms with Gasteiger partial charge in [-0.05, 0) is 29.5 Å². The van der Waals surface area contributed by atoms with Crippen LogP contribution in [-0.4, -0.2) is 83.5 Å². The van der Waals surface area contributed by atoms with Crippen LogP contribution in [0.25, 0.3) is 11.3 Å². The molecule has 3 aliphatic rings. The van der Waals surface area contributed by atoms with Gasteiger partial charge in [0.1, 0.15) is 11.9 Å². The van der Waals surface area contributed by atoms with Gasteiger partial charge in [0, 0.05) is 65.0 Å². The number of carbonyl (C=O) groups excluding carboxylic acids is 2. The van der Waals surface area contributed by atoms with Crippen LogP contribution in [0.5, 0.6) is 0 Å². The minimum Gasteiger partial charge on any atom is -0.466 e. The molecule has 7 rings (SSSR count). The van der Waals surface area contributed by atoms with E-state index in [4.69, 9.17) is 26.3 Å². The van der Waals surface area contributed by atoms with Crippen LogP contribution in [0.3, 0.4) is 0 Å². The number of amides is 2. The number of hydrogen-bond acceptors (Lipinski definition) is 10. The van der Waals surface area contributed by atoms with Crippen LogP contribution in [0.1, 0.15) is 42.9 Å². The van der Waals surface area contributed by atoms with Gasteiger partial charge >= 0.3 is 12.0 Å². The number of methoxy groups -OCH3 is 1. The molecule has 0 unspecified atom stereocenters. The summed E-state index contributed by atoms with van der Waals surface area (Å²) in [6.45, 7) is 9.24. The van der Waals surface area contributed by atoms with Gasteiger partial charge in [0.05, 0.1) is 31.0 Å². The zero-order valence-corrected chi connectivity index (χ0v) is 30.5. The van der Waals surface area contributed by atoms with Gasteiger partial charge in [-0.15, -0.1) is 22.7 Å². The Hall–Kier alpha value is -4.17. The molecule has 2 amide bonds. The number of halogens is 2. The molecule has 3 aliphatic heterocycles. The quantitative estimate of drug-likeness (QED) is 0.199. The normalized spacial score (nSPS) is 19.8. The van der Waals surface area contributed by atoms with E-state index < -0.39 is 17.8 Å². The Morgan fingerprint density at radius 1 is 1.12 bits per heavy atom. The molecular weight excluding hydrogens is 697 g/mol. The van der Waals surface area contributed by atoms with E-state index in [0.29, 0.717) is 60.0 Å². The summed E-state index contributed by atoms with van der Waals surface area (Å²) in [6, 6.07) is 11.6. The number of aliphatic imine (C=N–C) groups is 1. The average molecular weight is 734 g/mol. The van der Waals surface area contributed by atoms with Crippen molar-refractivity contribution in [1.29, 1.82) is 0 Å². The van der Waals surface area contributed by atoms with Gasteiger partial charge in [-0.2, -0.15) is 0 Å². The number of benzene rings is 2. The fourth-order valence-corrected chi connectivity index (χ4v) is 8.39. The standard InChI is InChI=1S/C36H37ClFN7O3S2/c1-36(2,3)16-21-5-7-22(8-6-21)28-20-50-34(41-28)45-18-24-17-43(12-13-44(24)35(45)47)19-27-29(33(46)48-4)30(25-10-9-23(38)15-26(25)37)42-31(40-27)32-39-11-14-49-32/h5-11,14-15,20,24,30H,12-13,16-19H2,1-4H3,(H,40,42)/t24-,30-/m0/s1. The molecule has 2 aromatic carbocycles. The second-order valence-corrected chi connectivity index (χ2v) is 16.0. The lowest BCUT2D eigenvalue weighted by Crippen LogP contribution is -2.53. The summed E-state index contributed by atoms with van der Waals surface area (Å²) in [5.41, 5.74) is 4.73. The lowest BCUT2D eigenvalue weighted by Gasteiger charge is -2.38. The lowest BCUT2D eigenvalue weighted by atomic mass is 9.88. The number of hydrogen-bond donors (Lipinski definition) is 1. The van der Waals surface area contributed by atoms with E-state index in [-0.39, 0.29) is 28.1 Å². The molecule has 0 bridgehead atoms. The maximum absolute atomic E-state index is 14.0. The zero-order chi connectivity index (χ0) is 35.2. The summed E-state index contributed by atoms with van der Waals surface area (Å²) >= 11 is 9.39. The van der Waals surface area contributed by atoms with Crippen molar-refractivity contribution in [1.82, 2.24) is 25.1 Å². The predicted octanol–water partition coefficient (Wildman–Crippen LogP) is 6.79. The van der Waals surface area contributed by atoms with Gasteiger partial charge in [-0.3, -0.25) is 14.8 Å². The van der Waals surface area contributed by atoms with Gasteiger partial charge in [0.15, 0.2) is 16.0 Å². The number of urea groups is 1. The van der Waals surface area contributed by atoms with Crippen LogP contribution in [0.15, 0.2) is 75.7 Å². The van der Waals surface area contributed by atoms with Crippen LogP contribution in [0, 0.1) is 11.2 Å². The molecule has 0 saturated carbocycles. The SMILES string of the molecule is COC(=O)C1=C(CN2CCN3C(=O)N(c4nc(-c5ccc(CC(C)(C)C)cc5)cs4)C[C@@H]3C2)NC(c2nccs2)=N[C@H]1c1ccc(F)cc1Cl. The first-order valence-corrected chi connectivity index (χ1v) is 18.5. The summed E-state index contributed by atoms with van der Waals surface area (Å²) in [5, 5.41) is 8.67. The van der Waals surface area contributed by atoms with E-state index in [2.05, 4.69) is 60.2 Å². The molecule has 2 atom stereocenters. The first-order valence-electron chi connectivity index (χ1n) is 16.3. The third-order valence-electron chi connectivity index (χ3n) is 8.95. The maximum atomic E-state index is 14.0. The van der Waals surface area contributed by atoms with Crippen LogP contribution in [0.4, 0.5) is 14.3 Å². The smallest absolute Gasteiger partial charge is 0.338 e. The number of rotatable bonds is 8. The molecule has 0 aliphatic carbocycles. The van der Waals surface area contributed by atoms with E-state index >= 15 is 0 Å². The fourth-order valence-electron chi connectivity index (χ4n) is 6.69. The number of nitrogens with one attached hydrogen (secondary N) is 1. The second kappa shape index (κ2) is 13.9. The predicted molar refractivity (Wildman–Crippen MR) is 195 cm³/mol. The highest BCUT2D eigenvalue weighted by Gasteiger charge is 2.43. The first-order chi connectivity index (χ1) is 24.0. The molecule has 4 aromatic rings. The first kappa shape index (κ1) is 34.3. The Balaban J connectivity index is 1.10. The monoisotopic (exact) mass is 733 g/mol. The summed E-state index contributed by atoms with van der Waals surface area (Å²) in [4.78, 5) is 47.0. The average Bonchev–Trinajstić information content (AvgIpc) is 3.85. The van der Waals surface area contributed by atoms with Gasteiger partial charge < -0.3 is 15.0 Å². The molecule has 2 fully saturated rings. The lowest BCUT2D eigenvalue weighted by molar-refractivity contribution is -0.136. The molecule has 2 saturated heterocycles. The number of amidine groups is 1. The van der Waals surface area contributed by atoms with Crippen molar-refractivity contribution in [3.8, 4) is 11.3 Å². The summed E-state index contributed by atoms with van der Waals surface area (Å²) in [6.07, 6.45) is 2.67. The molecule has 260 valence electrons. The molecule has 1 N–H and O–H groups in total. The zero-order valence-electron chi connectivity index (χ0n) is 28.2. The highest BCUT2D eigenvalue weighted by Crippen LogP contribution is 2.38. The van der Waals surface area contributed by atoms with E-state index in [1.165, 1.54) is 47.5 Å². The molecule has 14 heteroatoms. The number of thiazole rings is 2. The van der Waals surface area contributed by atoms with E-state index in [1.54, 1.807) is 17.2 Å². The van der Waals surface area contributed by atoms with Crippen molar-refractivity contribution in [2.45, 2.75) is 39.3 Å². The molecular formula is C36H37ClFN7O3S2. The molecule has 0 spiro atoms. The number of aromatic nitrogens is 2. The topological polar surface area (TPSA) is 103 Å². The number of nitrogens with zero attached hydrogens (tertiary/aromatic N) is 6. The van der Waals surface area contributed by atoms with Gasteiger partial charge in [-0.1, -0.05) is 62.7 Å². The number of anilines is 1. The van der Waals surface area contributed by atoms with Crippen LogP contribution in [0.2, 0.25) is 5.02 Å². The van der Waals surface area contributed by atoms with Crippen molar-refractivity contribution < 1.29 is 18.7 Å². The number of ether oxygens (including phenoxy) is 1. The molecule has 0 radical (unpaired) electrons. The van der Waals surface area contributed by atoms with Crippen molar-refractivity contribution in [3.05, 3.63) is 97.7 Å². The summed E-state index contributed by atoms with van der Waals surface area (Å²) < 4.78 is 19.3. The third-order valence-corrected chi connectivity index (χ3v) is 10.9.